The van der Waals surface area contributed by atoms with Gasteiger partial charge in [-0.2, -0.15) is 4.31 Å². The molecule has 1 saturated carbocycles. The predicted molar refractivity (Wildman–Crippen MR) is 85.8 cm³/mol. The molecule has 3 unspecified atom stereocenters. The van der Waals surface area contributed by atoms with E-state index in [4.69, 9.17) is 5.73 Å². The molecule has 8 heteroatoms. The number of benzene rings is 1. The first-order chi connectivity index (χ1) is 11.3. The fourth-order valence-electron chi connectivity index (χ4n) is 3.89. The van der Waals surface area contributed by atoms with Gasteiger partial charge in [0.2, 0.25) is 15.9 Å². The van der Waals surface area contributed by atoms with E-state index in [0.29, 0.717) is 12.8 Å². The van der Waals surface area contributed by atoms with Gasteiger partial charge in [-0.05, 0) is 49.4 Å². The third kappa shape index (κ3) is 2.80. The molecule has 1 aliphatic heterocycles. The number of nitrogens with zero attached hydrogens (tertiary/aromatic N) is 1. The highest BCUT2D eigenvalue weighted by molar-refractivity contribution is 7.89. The Labute approximate surface area is 140 Å². The van der Waals surface area contributed by atoms with Crippen molar-refractivity contribution in [1.82, 2.24) is 4.31 Å². The minimum absolute atomic E-state index is 0.00928. The van der Waals surface area contributed by atoms with Gasteiger partial charge in [0.1, 0.15) is 6.04 Å². The van der Waals surface area contributed by atoms with Gasteiger partial charge in [-0.1, -0.05) is 12.8 Å². The first-order valence-electron chi connectivity index (χ1n) is 7.98. The molecule has 24 heavy (non-hydrogen) atoms. The fraction of sp³-hybridized carbons (Fsp3) is 0.500. The number of rotatable bonds is 4. The molecule has 1 saturated heterocycles. The average Bonchev–Trinajstić information content (AvgIpc) is 2.95. The Bertz CT molecular complexity index is 759. The molecule has 0 bridgehead atoms. The molecule has 2 aliphatic rings. The maximum Gasteiger partial charge on any atom is 0.322 e. The molecule has 1 aliphatic carbocycles. The molecule has 1 aromatic carbocycles. The number of hydrogen-bond acceptors (Lipinski definition) is 4. The molecule has 1 aromatic rings. The van der Waals surface area contributed by atoms with E-state index in [0.717, 1.165) is 19.3 Å². The van der Waals surface area contributed by atoms with Gasteiger partial charge in [0, 0.05) is 11.6 Å². The molecule has 2 fully saturated rings. The van der Waals surface area contributed by atoms with Crippen molar-refractivity contribution in [2.45, 2.75) is 49.1 Å². The molecule has 1 amide bonds. The topological polar surface area (TPSA) is 118 Å². The van der Waals surface area contributed by atoms with E-state index < -0.39 is 27.9 Å². The minimum Gasteiger partial charge on any atom is -0.480 e. The van der Waals surface area contributed by atoms with Crippen LogP contribution in [0.3, 0.4) is 0 Å². The number of carbonyl (C=O) groups excluding carboxylic acids is 1. The minimum atomic E-state index is -3.95. The molecule has 0 spiro atoms. The Balaban J connectivity index is 1.99. The Morgan fingerprint density at radius 2 is 1.75 bits per heavy atom. The van der Waals surface area contributed by atoms with Crippen LogP contribution in [-0.4, -0.2) is 41.8 Å². The zero-order chi connectivity index (χ0) is 17.5. The maximum absolute atomic E-state index is 13.0. The van der Waals surface area contributed by atoms with Crippen molar-refractivity contribution in [1.29, 1.82) is 0 Å². The highest BCUT2D eigenvalue weighted by atomic mass is 32.2. The molecule has 130 valence electrons. The summed E-state index contributed by atoms with van der Waals surface area (Å²) in [6, 6.07) is 4.02. The van der Waals surface area contributed by atoms with E-state index in [1.165, 1.54) is 28.6 Å². The maximum atomic E-state index is 13.0. The van der Waals surface area contributed by atoms with Gasteiger partial charge in [-0.15, -0.1) is 0 Å². The zero-order valence-electron chi connectivity index (χ0n) is 13.1. The van der Waals surface area contributed by atoms with Crippen molar-refractivity contribution in [2.24, 2.45) is 11.7 Å². The summed E-state index contributed by atoms with van der Waals surface area (Å²) in [6.45, 7) is 0. The second kappa shape index (κ2) is 6.18. The third-order valence-corrected chi connectivity index (χ3v) is 6.98. The molecule has 1 heterocycles. The molecule has 0 aromatic heterocycles. The van der Waals surface area contributed by atoms with Crippen LogP contribution >= 0.6 is 0 Å². The lowest BCUT2D eigenvalue weighted by atomic mass is 9.85. The summed E-state index contributed by atoms with van der Waals surface area (Å²) in [5.41, 5.74) is 5.38. The van der Waals surface area contributed by atoms with E-state index in [1.807, 2.05) is 0 Å². The highest BCUT2D eigenvalue weighted by Gasteiger charge is 2.51. The van der Waals surface area contributed by atoms with Crippen LogP contribution in [0, 0.1) is 5.92 Å². The molecular weight excluding hydrogens is 332 g/mol. The number of primary amides is 1. The van der Waals surface area contributed by atoms with E-state index in [2.05, 4.69) is 0 Å². The van der Waals surface area contributed by atoms with Gasteiger partial charge < -0.3 is 10.8 Å². The number of nitrogens with two attached hydrogens (primary N) is 1. The Morgan fingerprint density at radius 3 is 2.33 bits per heavy atom. The first-order valence-corrected chi connectivity index (χ1v) is 9.42. The largest absolute Gasteiger partial charge is 0.480 e. The number of carboxylic acid groups (broad SMARTS) is 1. The van der Waals surface area contributed by atoms with Crippen LogP contribution < -0.4 is 5.73 Å². The van der Waals surface area contributed by atoms with Crippen LogP contribution in [0.25, 0.3) is 0 Å². The van der Waals surface area contributed by atoms with Crippen LogP contribution in [-0.2, 0) is 14.8 Å². The number of aliphatic carboxylic acids is 1. The first kappa shape index (κ1) is 16.9. The van der Waals surface area contributed by atoms with Crippen molar-refractivity contribution < 1.29 is 23.1 Å². The number of hydrogen-bond donors (Lipinski definition) is 2. The second-order valence-electron chi connectivity index (χ2n) is 6.43. The van der Waals surface area contributed by atoms with Crippen molar-refractivity contribution in [3.63, 3.8) is 0 Å². The van der Waals surface area contributed by atoms with E-state index in [9.17, 15) is 23.1 Å². The molecule has 3 atom stereocenters. The summed E-state index contributed by atoms with van der Waals surface area (Å²) in [4.78, 5) is 22.7. The average molecular weight is 352 g/mol. The van der Waals surface area contributed by atoms with E-state index in [1.54, 1.807) is 0 Å². The number of carbonyl (C=O) groups is 2. The molecule has 0 radical (unpaired) electrons. The fourth-order valence-corrected chi connectivity index (χ4v) is 5.76. The summed E-state index contributed by atoms with van der Waals surface area (Å²) in [5.74, 6) is -1.66. The highest BCUT2D eigenvalue weighted by Crippen LogP contribution is 2.42. The quantitative estimate of drug-likeness (QED) is 0.844. The Kier molecular flexibility index (Phi) is 4.35. The zero-order valence-corrected chi connectivity index (χ0v) is 13.9. The Hall–Kier alpha value is -1.93. The van der Waals surface area contributed by atoms with Crippen molar-refractivity contribution >= 4 is 21.9 Å². The van der Waals surface area contributed by atoms with Crippen molar-refractivity contribution in [2.75, 3.05) is 0 Å². The summed E-state index contributed by atoms with van der Waals surface area (Å²) in [6.07, 6.45) is 3.82. The summed E-state index contributed by atoms with van der Waals surface area (Å²) < 4.78 is 27.2. The van der Waals surface area contributed by atoms with Gasteiger partial charge >= 0.3 is 5.97 Å². The monoisotopic (exact) mass is 352 g/mol. The van der Waals surface area contributed by atoms with Gasteiger partial charge in [0.05, 0.1) is 4.90 Å². The summed E-state index contributed by atoms with van der Waals surface area (Å²) in [5, 5.41) is 9.49. The lowest BCUT2D eigenvalue weighted by Crippen LogP contribution is -2.46. The normalized spacial score (nSPS) is 27.6. The predicted octanol–water partition coefficient (Wildman–Crippen LogP) is 1.19. The number of sulfonamides is 1. The van der Waals surface area contributed by atoms with Gasteiger partial charge in [-0.3, -0.25) is 9.59 Å². The van der Waals surface area contributed by atoms with Gasteiger partial charge in [0.25, 0.3) is 0 Å². The van der Waals surface area contributed by atoms with Crippen molar-refractivity contribution in [3.8, 4) is 0 Å². The summed E-state index contributed by atoms with van der Waals surface area (Å²) in [7, 11) is -3.95. The van der Waals surface area contributed by atoms with Gasteiger partial charge in [0.15, 0.2) is 0 Å². The molecule has 3 N–H and O–H groups in total. The van der Waals surface area contributed by atoms with Crippen LogP contribution in [0.15, 0.2) is 29.2 Å². The van der Waals surface area contributed by atoms with Crippen LogP contribution in [0.4, 0.5) is 0 Å². The van der Waals surface area contributed by atoms with E-state index >= 15 is 0 Å². The lowest BCUT2D eigenvalue weighted by molar-refractivity contribution is -0.141. The van der Waals surface area contributed by atoms with Crippen LogP contribution in [0.5, 0.6) is 0 Å². The van der Waals surface area contributed by atoms with E-state index in [-0.39, 0.29) is 22.4 Å². The molecular formula is C16H20N2O5S. The SMILES string of the molecule is NC(=O)c1ccc(S(=O)(=O)N2C(C(=O)O)CC3CCCCC32)cc1. The Morgan fingerprint density at radius 1 is 1.12 bits per heavy atom. The van der Waals surface area contributed by atoms with Crippen molar-refractivity contribution in [3.05, 3.63) is 29.8 Å². The number of carboxylic acids is 1. The lowest BCUT2D eigenvalue weighted by Gasteiger charge is -2.32. The standard InChI is InChI=1S/C16H20N2O5S/c17-15(19)10-5-7-12(8-6-10)24(22,23)18-13-4-2-1-3-11(13)9-14(18)16(20)21/h5-8,11,13-14H,1-4,9H2,(H2,17,19)(H,20,21). The molecule has 3 rings (SSSR count). The van der Waals surface area contributed by atoms with Crippen LogP contribution in [0.1, 0.15) is 42.5 Å². The van der Waals surface area contributed by atoms with Gasteiger partial charge in [-0.25, -0.2) is 8.42 Å². The smallest absolute Gasteiger partial charge is 0.322 e. The third-order valence-electron chi connectivity index (χ3n) is 5.03. The summed E-state index contributed by atoms with van der Waals surface area (Å²) >= 11 is 0. The molecule has 7 nitrogen and oxygen atoms in total. The van der Waals surface area contributed by atoms with Crippen LogP contribution in [0.2, 0.25) is 0 Å². The second-order valence-corrected chi connectivity index (χ2v) is 8.27. The number of fused-ring (bicyclic) bond motifs is 1. The number of amides is 1.